The number of pyridine rings is 1. The minimum absolute atomic E-state index is 0.248. The van der Waals surface area contributed by atoms with Gasteiger partial charge in [0, 0.05) is 18.4 Å². The van der Waals surface area contributed by atoms with E-state index in [0.717, 1.165) is 5.92 Å². The molecule has 0 bridgehead atoms. The summed E-state index contributed by atoms with van der Waals surface area (Å²) < 4.78 is 0. The second-order valence-electron chi connectivity index (χ2n) is 3.14. The van der Waals surface area contributed by atoms with Crippen LogP contribution in [0.15, 0.2) is 24.5 Å². The Labute approximate surface area is 66.4 Å². The van der Waals surface area contributed by atoms with E-state index in [-0.39, 0.29) is 6.04 Å². The molecule has 2 heteroatoms. The number of rotatable bonds is 2. The van der Waals surface area contributed by atoms with Gasteiger partial charge >= 0.3 is 0 Å². The van der Waals surface area contributed by atoms with Crippen LogP contribution in [0.2, 0.25) is 0 Å². The molecule has 11 heavy (non-hydrogen) atoms. The Kier molecular flexibility index (Phi) is 1.62. The van der Waals surface area contributed by atoms with Gasteiger partial charge in [0.15, 0.2) is 0 Å². The van der Waals surface area contributed by atoms with Gasteiger partial charge in [-0.3, -0.25) is 4.98 Å². The van der Waals surface area contributed by atoms with Crippen molar-refractivity contribution in [1.29, 1.82) is 0 Å². The van der Waals surface area contributed by atoms with Crippen molar-refractivity contribution in [2.75, 3.05) is 0 Å². The Morgan fingerprint density at radius 2 is 2.00 bits per heavy atom. The first-order chi connectivity index (χ1) is 5.38. The zero-order valence-electron chi connectivity index (χ0n) is 6.40. The van der Waals surface area contributed by atoms with Crippen LogP contribution in [0.3, 0.4) is 0 Å². The third-order valence-electron chi connectivity index (χ3n) is 2.22. The normalized spacial score (nSPS) is 19.7. The van der Waals surface area contributed by atoms with E-state index in [9.17, 15) is 0 Å². The third kappa shape index (κ3) is 1.40. The minimum atomic E-state index is 0.248. The van der Waals surface area contributed by atoms with Crippen LogP contribution in [0.5, 0.6) is 0 Å². The lowest BCUT2D eigenvalue weighted by Gasteiger charge is -2.08. The molecule has 0 saturated heterocycles. The second kappa shape index (κ2) is 2.62. The molecule has 0 unspecified atom stereocenters. The van der Waals surface area contributed by atoms with Gasteiger partial charge in [-0.15, -0.1) is 0 Å². The highest BCUT2D eigenvalue weighted by atomic mass is 14.7. The Balaban J connectivity index is 2.15. The smallest absolute Gasteiger partial charge is 0.0324 e. The van der Waals surface area contributed by atoms with E-state index in [4.69, 9.17) is 5.73 Å². The van der Waals surface area contributed by atoms with E-state index in [1.807, 2.05) is 12.1 Å². The molecule has 1 heterocycles. The van der Waals surface area contributed by atoms with Crippen LogP contribution in [-0.4, -0.2) is 4.98 Å². The molecule has 1 aliphatic rings. The van der Waals surface area contributed by atoms with E-state index in [1.54, 1.807) is 12.4 Å². The van der Waals surface area contributed by atoms with Gasteiger partial charge in [-0.05, 0) is 36.5 Å². The highest BCUT2D eigenvalue weighted by molar-refractivity contribution is 5.16. The number of aromatic nitrogens is 1. The summed E-state index contributed by atoms with van der Waals surface area (Å²) in [5.41, 5.74) is 7.20. The SMILES string of the molecule is N[C@H](c1ccncc1)C1CC1. The molecule has 0 aromatic carbocycles. The van der Waals surface area contributed by atoms with Crippen molar-refractivity contribution >= 4 is 0 Å². The first-order valence-corrected chi connectivity index (χ1v) is 4.03. The lowest BCUT2D eigenvalue weighted by Crippen LogP contribution is -2.11. The Hall–Kier alpha value is -0.890. The van der Waals surface area contributed by atoms with Crippen molar-refractivity contribution in [3.8, 4) is 0 Å². The lowest BCUT2D eigenvalue weighted by molar-refractivity contribution is 0.632. The van der Waals surface area contributed by atoms with Crippen LogP contribution in [0.4, 0.5) is 0 Å². The molecule has 0 spiro atoms. The first kappa shape index (κ1) is 6.80. The fourth-order valence-electron chi connectivity index (χ4n) is 1.31. The summed E-state index contributed by atoms with van der Waals surface area (Å²) in [7, 11) is 0. The van der Waals surface area contributed by atoms with Gasteiger partial charge in [0.2, 0.25) is 0 Å². The number of hydrogen-bond donors (Lipinski definition) is 1. The summed E-state index contributed by atoms with van der Waals surface area (Å²) in [4.78, 5) is 3.95. The summed E-state index contributed by atoms with van der Waals surface area (Å²) in [5.74, 6) is 0.734. The van der Waals surface area contributed by atoms with Gasteiger partial charge in [0.25, 0.3) is 0 Å². The van der Waals surface area contributed by atoms with E-state index in [2.05, 4.69) is 4.98 Å². The Morgan fingerprint density at radius 1 is 1.36 bits per heavy atom. The molecule has 1 aliphatic carbocycles. The molecule has 2 N–H and O–H groups in total. The monoisotopic (exact) mass is 148 g/mol. The number of hydrogen-bond acceptors (Lipinski definition) is 2. The van der Waals surface area contributed by atoms with E-state index in [0.29, 0.717) is 0 Å². The van der Waals surface area contributed by atoms with Gasteiger partial charge in [0.05, 0.1) is 0 Å². The van der Waals surface area contributed by atoms with Crippen LogP contribution < -0.4 is 5.73 Å². The summed E-state index contributed by atoms with van der Waals surface area (Å²) in [6.07, 6.45) is 6.20. The number of nitrogens with two attached hydrogens (primary N) is 1. The molecule has 1 fully saturated rings. The zero-order valence-corrected chi connectivity index (χ0v) is 6.40. The zero-order chi connectivity index (χ0) is 7.68. The molecule has 1 atom stereocenters. The van der Waals surface area contributed by atoms with Gasteiger partial charge in [-0.1, -0.05) is 0 Å². The number of nitrogens with zero attached hydrogens (tertiary/aromatic N) is 1. The fourth-order valence-corrected chi connectivity index (χ4v) is 1.31. The molecule has 1 aromatic heterocycles. The van der Waals surface area contributed by atoms with Crippen LogP contribution in [0.1, 0.15) is 24.4 Å². The maximum absolute atomic E-state index is 5.97. The largest absolute Gasteiger partial charge is 0.324 e. The molecule has 0 radical (unpaired) electrons. The van der Waals surface area contributed by atoms with Gasteiger partial charge < -0.3 is 5.73 Å². The fraction of sp³-hybridized carbons (Fsp3) is 0.444. The molecule has 2 nitrogen and oxygen atoms in total. The van der Waals surface area contributed by atoms with E-state index < -0.39 is 0 Å². The minimum Gasteiger partial charge on any atom is -0.324 e. The average molecular weight is 148 g/mol. The van der Waals surface area contributed by atoms with Crippen LogP contribution in [0, 0.1) is 5.92 Å². The van der Waals surface area contributed by atoms with Gasteiger partial charge in [-0.2, -0.15) is 0 Å². The van der Waals surface area contributed by atoms with Crippen molar-refractivity contribution in [1.82, 2.24) is 4.98 Å². The van der Waals surface area contributed by atoms with Crippen molar-refractivity contribution < 1.29 is 0 Å². The molecule has 58 valence electrons. The molecule has 1 saturated carbocycles. The van der Waals surface area contributed by atoms with Crippen LogP contribution in [-0.2, 0) is 0 Å². The van der Waals surface area contributed by atoms with Gasteiger partial charge in [-0.25, -0.2) is 0 Å². The first-order valence-electron chi connectivity index (χ1n) is 4.03. The Morgan fingerprint density at radius 3 is 2.55 bits per heavy atom. The topological polar surface area (TPSA) is 38.9 Å². The molecule has 0 aliphatic heterocycles. The molecule has 0 amide bonds. The highest BCUT2D eigenvalue weighted by Crippen LogP contribution is 2.38. The highest BCUT2D eigenvalue weighted by Gasteiger charge is 2.29. The summed E-state index contributed by atoms with van der Waals surface area (Å²) in [5, 5.41) is 0. The quantitative estimate of drug-likeness (QED) is 0.690. The lowest BCUT2D eigenvalue weighted by atomic mass is 10.1. The van der Waals surface area contributed by atoms with Crippen LogP contribution in [0.25, 0.3) is 0 Å². The van der Waals surface area contributed by atoms with Crippen LogP contribution >= 0.6 is 0 Å². The van der Waals surface area contributed by atoms with Crippen molar-refractivity contribution in [2.45, 2.75) is 18.9 Å². The summed E-state index contributed by atoms with van der Waals surface area (Å²) in [6, 6.07) is 4.25. The van der Waals surface area contributed by atoms with Crippen molar-refractivity contribution in [3.05, 3.63) is 30.1 Å². The molecule has 2 rings (SSSR count). The summed E-state index contributed by atoms with van der Waals surface area (Å²) in [6.45, 7) is 0. The molecular formula is C9H12N2. The molecular weight excluding hydrogens is 136 g/mol. The summed E-state index contributed by atoms with van der Waals surface area (Å²) >= 11 is 0. The van der Waals surface area contributed by atoms with Gasteiger partial charge in [0.1, 0.15) is 0 Å². The maximum Gasteiger partial charge on any atom is 0.0324 e. The van der Waals surface area contributed by atoms with Crippen molar-refractivity contribution in [3.63, 3.8) is 0 Å². The Bertz CT molecular complexity index is 229. The van der Waals surface area contributed by atoms with E-state index >= 15 is 0 Å². The maximum atomic E-state index is 5.97. The standard InChI is InChI=1S/C9H12N2/c10-9(7-1-2-7)8-3-5-11-6-4-8/h3-7,9H,1-2,10H2/t9-/m0/s1. The van der Waals surface area contributed by atoms with E-state index in [1.165, 1.54) is 18.4 Å². The molecule has 1 aromatic rings. The average Bonchev–Trinajstić information content (AvgIpc) is 2.87. The van der Waals surface area contributed by atoms with Crippen molar-refractivity contribution in [2.24, 2.45) is 11.7 Å². The third-order valence-corrected chi connectivity index (χ3v) is 2.22. The predicted octanol–water partition coefficient (Wildman–Crippen LogP) is 1.49. The predicted molar refractivity (Wildman–Crippen MR) is 43.9 cm³/mol. The second-order valence-corrected chi connectivity index (χ2v) is 3.14.